The smallest absolute Gasteiger partial charge is 0.288 e. The Morgan fingerprint density at radius 3 is 2.15 bits per heavy atom. The summed E-state index contributed by atoms with van der Waals surface area (Å²) in [6.45, 7) is 2.07. The molecule has 2 aromatic rings. The zero-order chi connectivity index (χ0) is 14.5. The Labute approximate surface area is 135 Å². The number of hydrogen-bond acceptors (Lipinski definition) is 2. The molecule has 0 amide bonds. The molecule has 0 bridgehead atoms. The number of rotatable bonds is 5. The summed E-state index contributed by atoms with van der Waals surface area (Å²) in [5, 5.41) is 3.36. The zero-order valence-electron chi connectivity index (χ0n) is 10.8. The van der Waals surface area contributed by atoms with Crippen LogP contribution in [0.25, 0.3) is 0 Å². The molecule has 0 saturated carbocycles. The topological polar surface area (TPSA) is 12.0 Å². The van der Waals surface area contributed by atoms with E-state index in [9.17, 15) is 8.78 Å². The van der Waals surface area contributed by atoms with Gasteiger partial charge in [-0.25, -0.2) is 0 Å². The van der Waals surface area contributed by atoms with Crippen molar-refractivity contribution in [2.75, 3.05) is 5.32 Å². The highest BCUT2D eigenvalue weighted by atomic mass is 127. The Hall–Kier alpha value is -0.820. The van der Waals surface area contributed by atoms with E-state index < -0.39 is 5.76 Å². The molecule has 0 radical (unpaired) electrons. The largest absolute Gasteiger partial charge is 0.379 e. The Kier molecular flexibility index (Phi) is 5.65. The van der Waals surface area contributed by atoms with Gasteiger partial charge in [-0.2, -0.15) is 8.78 Å². The van der Waals surface area contributed by atoms with Gasteiger partial charge in [0.25, 0.3) is 5.76 Å². The first-order valence-electron chi connectivity index (χ1n) is 6.11. The SMILES string of the molecule is CC(Nc1ccc(SC(F)F)cc1)c1ccc(I)cc1. The first-order valence-corrected chi connectivity index (χ1v) is 8.07. The summed E-state index contributed by atoms with van der Waals surface area (Å²) in [4.78, 5) is 0.576. The minimum Gasteiger partial charge on any atom is -0.379 e. The summed E-state index contributed by atoms with van der Waals surface area (Å²) >= 11 is 2.83. The Balaban J connectivity index is 2.00. The average molecular weight is 405 g/mol. The second-order valence-electron chi connectivity index (χ2n) is 4.32. The van der Waals surface area contributed by atoms with Gasteiger partial charge in [0.05, 0.1) is 0 Å². The van der Waals surface area contributed by atoms with Crippen molar-refractivity contribution in [3.8, 4) is 0 Å². The predicted molar refractivity (Wildman–Crippen MR) is 89.5 cm³/mol. The van der Waals surface area contributed by atoms with Crippen molar-refractivity contribution in [2.45, 2.75) is 23.6 Å². The van der Waals surface area contributed by atoms with Crippen molar-refractivity contribution in [3.05, 3.63) is 57.7 Å². The number of benzene rings is 2. The minimum atomic E-state index is -2.38. The van der Waals surface area contributed by atoms with E-state index in [0.717, 1.165) is 5.69 Å². The van der Waals surface area contributed by atoms with Gasteiger partial charge in [-0.05, 0) is 71.5 Å². The molecule has 1 nitrogen and oxygen atoms in total. The molecule has 1 N–H and O–H groups in total. The fourth-order valence-electron chi connectivity index (χ4n) is 1.82. The van der Waals surface area contributed by atoms with Gasteiger partial charge in [0, 0.05) is 20.2 Å². The minimum absolute atomic E-state index is 0.167. The van der Waals surface area contributed by atoms with Crippen LogP contribution in [0.2, 0.25) is 0 Å². The Bertz CT molecular complexity index is 543. The molecule has 0 spiro atoms. The van der Waals surface area contributed by atoms with Crippen molar-refractivity contribution in [3.63, 3.8) is 0 Å². The zero-order valence-corrected chi connectivity index (χ0v) is 13.8. The second-order valence-corrected chi connectivity index (χ2v) is 6.63. The lowest BCUT2D eigenvalue weighted by molar-refractivity contribution is 0.252. The van der Waals surface area contributed by atoms with Gasteiger partial charge in [-0.1, -0.05) is 23.9 Å². The molecule has 0 aliphatic carbocycles. The van der Waals surface area contributed by atoms with Crippen LogP contribution in [0.15, 0.2) is 53.4 Å². The molecule has 0 fully saturated rings. The van der Waals surface area contributed by atoms with E-state index in [4.69, 9.17) is 0 Å². The lowest BCUT2D eigenvalue weighted by Gasteiger charge is -2.16. The number of thioether (sulfide) groups is 1. The summed E-state index contributed by atoms with van der Waals surface area (Å²) in [6, 6.07) is 15.5. The highest BCUT2D eigenvalue weighted by Gasteiger charge is 2.07. The molecule has 2 rings (SSSR count). The van der Waals surface area contributed by atoms with Crippen LogP contribution in [-0.4, -0.2) is 5.76 Å². The van der Waals surface area contributed by atoms with Gasteiger partial charge >= 0.3 is 0 Å². The molecule has 0 heterocycles. The van der Waals surface area contributed by atoms with E-state index >= 15 is 0 Å². The van der Waals surface area contributed by atoms with Gasteiger partial charge < -0.3 is 5.32 Å². The summed E-state index contributed by atoms with van der Waals surface area (Å²) in [5.74, 6) is -2.38. The third-order valence-electron chi connectivity index (χ3n) is 2.83. The normalized spacial score (nSPS) is 12.4. The molecular weight excluding hydrogens is 391 g/mol. The quantitative estimate of drug-likeness (QED) is 0.500. The summed E-state index contributed by atoms with van der Waals surface area (Å²) in [7, 11) is 0. The summed E-state index contributed by atoms with van der Waals surface area (Å²) < 4.78 is 25.7. The van der Waals surface area contributed by atoms with Crippen LogP contribution in [0.1, 0.15) is 18.5 Å². The van der Waals surface area contributed by atoms with Crippen molar-refractivity contribution >= 4 is 40.0 Å². The van der Waals surface area contributed by atoms with E-state index in [1.807, 2.05) is 12.1 Å². The number of anilines is 1. The van der Waals surface area contributed by atoms with Crippen LogP contribution >= 0.6 is 34.4 Å². The highest BCUT2D eigenvalue weighted by molar-refractivity contribution is 14.1. The number of hydrogen-bond donors (Lipinski definition) is 1. The molecule has 1 unspecified atom stereocenters. The predicted octanol–water partition coefficient (Wildman–Crippen LogP) is 5.78. The lowest BCUT2D eigenvalue weighted by Crippen LogP contribution is -2.06. The molecule has 1 atom stereocenters. The first kappa shape index (κ1) is 15.6. The maximum atomic E-state index is 12.2. The first-order chi connectivity index (χ1) is 9.54. The molecule has 2 aromatic carbocycles. The van der Waals surface area contributed by atoms with Crippen LogP contribution in [0.4, 0.5) is 14.5 Å². The fourth-order valence-corrected chi connectivity index (χ4v) is 2.68. The van der Waals surface area contributed by atoms with Crippen molar-refractivity contribution < 1.29 is 8.78 Å². The van der Waals surface area contributed by atoms with E-state index in [1.165, 1.54) is 9.13 Å². The van der Waals surface area contributed by atoms with Gasteiger partial charge in [0.1, 0.15) is 0 Å². The van der Waals surface area contributed by atoms with Crippen molar-refractivity contribution in [1.29, 1.82) is 0 Å². The van der Waals surface area contributed by atoms with Gasteiger partial charge in [0.15, 0.2) is 0 Å². The van der Waals surface area contributed by atoms with Crippen LogP contribution < -0.4 is 5.32 Å². The number of nitrogens with one attached hydrogen (secondary N) is 1. The molecular formula is C15H14F2INS. The van der Waals surface area contributed by atoms with Gasteiger partial charge in [0.2, 0.25) is 0 Å². The molecule has 0 saturated heterocycles. The van der Waals surface area contributed by atoms with E-state index in [-0.39, 0.29) is 6.04 Å². The van der Waals surface area contributed by atoms with Crippen molar-refractivity contribution in [1.82, 2.24) is 0 Å². The fraction of sp³-hybridized carbons (Fsp3) is 0.200. The molecule has 0 aromatic heterocycles. The van der Waals surface area contributed by atoms with E-state index in [1.54, 1.807) is 12.1 Å². The van der Waals surface area contributed by atoms with Crippen LogP contribution in [0.3, 0.4) is 0 Å². The van der Waals surface area contributed by atoms with Crippen LogP contribution in [-0.2, 0) is 0 Å². The van der Waals surface area contributed by atoms with Gasteiger partial charge in [-0.3, -0.25) is 0 Å². The molecule has 5 heteroatoms. The Morgan fingerprint density at radius 1 is 1.00 bits per heavy atom. The summed E-state index contributed by atoms with van der Waals surface area (Å²) in [5.41, 5.74) is 2.12. The molecule has 0 aliphatic heterocycles. The molecule has 106 valence electrons. The standard InChI is InChI=1S/C15H14F2INS/c1-10(11-2-4-12(18)5-3-11)19-13-6-8-14(9-7-13)20-15(16)17/h2-10,15,19H,1H3. The number of alkyl halides is 2. The number of halogens is 3. The second kappa shape index (κ2) is 7.26. The average Bonchev–Trinajstić information content (AvgIpc) is 2.41. The molecule has 20 heavy (non-hydrogen) atoms. The van der Waals surface area contributed by atoms with Crippen LogP contribution in [0, 0.1) is 3.57 Å². The maximum Gasteiger partial charge on any atom is 0.288 e. The summed E-state index contributed by atoms with van der Waals surface area (Å²) in [6.07, 6.45) is 0. The highest BCUT2D eigenvalue weighted by Crippen LogP contribution is 2.27. The third kappa shape index (κ3) is 4.63. The van der Waals surface area contributed by atoms with Crippen LogP contribution in [0.5, 0.6) is 0 Å². The maximum absolute atomic E-state index is 12.2. The lowest BCUT2D eigenvalue weighted by atomic mass is 10.1. The Morgan fingerprint density at radius 2 is 1.60 bits per heavy atom. The monoisotopic (exact) mass is 405 g/mol. The van der Waals surface area contributed by atoms with E-state index in [2.05, 4.69) is 59.1 Å². The third-order valence-corrected chi connectivity index (χ3v) is 4.27. The van der Waals surface area contributed by atoms with Crippen molar-refractivity contribution in [2.24, 2.45) is 0 Å². The van der Waals surface area contributed by atoms with Gasteiger partial charge in [-0.15, -0.1) is 0 Å². The van der Waals surface area contributed by atoms with E-state index in [0.29, 0.717) is 16.7 Å². The molecule has 0 aliphatic rings.